The molecule has 0 aliphatic heterocycles. The average molecular weight is 206 g/mol. The molecule has 0 aliphatic carbocycles. The van der Waals surface area contributed by atoms with Crippen molar-refractivity contribution < 1.29 is 0 Å². The van der Waals surface area contributed by atoms with Crippen molar-refractivity contribution in [2.75, 3.05) is 5.73 Å². The lowest BCUT2D eigenvalue weighted by Gasteiger charge is -1.80. The highest BCUT2D eigenvalue weighted by Gasteiger charge is 1.99. The summed E-state index contributed by atoms with van der Waals surface area (Å²) < 4.78 is 1.03. The number of nitrogens with two attached hydrogens (primary N) is 1. The van der Waals surface area contributed by atoms with Crippen molar-refractivity contribution in [1.29, 1.82) is 0 Å². The number of hydrogen-bond acceptors (Lipinski definition) is 2. The number of rotatable bonds is 1. The zero-order chi connectivity index (χ0) is 6.85. The third-order valence-corrected chi connectivity index (χ3v) is 3.14. The van der Waals surface area contributed by atoms with Gasteiger partial charge in [0, 0.05) is 4.88 Å². The van der Waals surface area contributed by atoms with E-state index in [4.69, 9.17) is 5.73 Å². The van der Waals surface area contributed by atoms with Gasteiger partial charge in [-0.2, -0.15) is 0 Å². The fourth-order valence-electron chi connectivity index (χ4n) is 0.606. The van der Waals surface area contributed by atoms with Gasteiger partial charge in [0.15, 0.2) is 0 Å². The summed E-state index contributed by atoms with van der Waals surface area (Å²) in [4.78, 5) is 1.33. The second kappa shape index (κ2) is 2.71. The van der Waals surface area contributed by atoms with Crippen LogP contribution in [0.3, 0.4) is 0 Å². The third-order valence-electron chi connectivity index (χ3n) is 1.11. The molecule has 0 saturated heterocycles. The molecule has 0 unspecified atom stereocenters. The largest absolute Gasteiger partial charge is 0.390 e. The zero-order valence-corrected chi connectivity index (χ0v) is 7.55. The Morgan fingerprint density at radius 2 is 2.44 bits per heavy atom. The summed E-state index contributed by atoms with van der Waals surface area (Å²) in [5.41, 5.74) is 5.59. The molecule has 0 radical (unpaired) electrons. The van der Waals surface area contributed by atoms with Gasteiger partial charge in [0.2, 0.25) is 0 Å². The minimum Gasteiger partial charge on any atom is -0.390 e. The molecule has 0 spiro atoms. The van der Waals surface area contributed by atoms with Gasteiger partial charge in [0.25, 0.3) is 0 Å². The lowest BCUT2D eigenvalue weighted by molar-refractivity contribution is 1.18. The Morgan fingerprint density at radius 3 is 2.67 bits per heavy atom. The standard InChI is InChI=1S/C6H8BrNS/c1-2-4-3-5(7)6(8)9-4/h3H,2,8H2,1H3. The predicted octanol–water partition coefficient (Wildman–Crippen LogP) is 2.66. The van der Waals surface area contributed by atoms with Gasteiger partial charge in [-0.25, -0.2) is 0 Å². The third kappa shape index (κ3) is 1.46. The van der Waals surface area contributed by atoms with Crippen LogP contribution in [-0.2, 0) is 6.42 Å². The van der Waals surface area contributed by atoms with Crippen LogP contribution in [0.15, 0.2) is 10.5 Å². The maximum atomic E-state index is 5.59. The first kappa shape index (κ1) is 7.09. The number of halogens is 1. The number of thiophene rings is 1. The van der Waals surface area contributed by atoms with Crippen LogP contribution in [0, 0.1) is 0 Å². The van der Waals surface area contributed by atoms with Crippen molar-refractivity contribution >= 4 is 32.3 Å². The quantitative estimate of drug-likeness (QED) is 0.750. The van der Waals surface area contributed by atoms with Crippen molar-refractivity contribution in [3.05, 3.63) is 15.4 Å². The molecular formula is C6H8BrNS. The van der Waals surface area contributed by atoms with Gasteiger partial charge in [-0.3, -0.25) is 0 Å². The predicted molar refractivity (Wildman–Crippen MR) is 45.8 cm³/mol. The van der Waals surface area contributed by atoms with E-state index in [2.05, 4.69) is 28.9 Å². The molecule has 0 fully saturated rings. The fourth-order valence-corrected chi connectivity index (χ4v) is 2.04. The van der Waals surface area contributed by atoms with Crippen LogP contribution in [0.1, 0.15) is 11.8 Å². The van der Waals surface area contributed by atoms with Crippen LogP contribution in [-0.4, -0.2) is 0 Å². The lowest BCUT2D eigenvalue weighted by Crippen LogP contribution is -1.75. The number of aryl methyl sites for hydroxylation is 1. The van der Waals surface area contributed by atoms with Gasteiger partial charge < -0.3 is 5.73 Å². The van der Waals surface area contributed by atoms with Crippen LogP contribution >= 0.6 is 27.3 Å². The van der Waals surface area contributed by atoms with Crippen molar-refractivity contribution in [3.8, 4) is 0 Å². The Labute approximate surface area is 67.0 Å². The van der Waals surface area contributed by atoms with Crippen LogP contribution in [0.4, 0.5) is 5.00 Å². The van der Waals surface area contributed by atoms with E-state index in [1.165, 1.54) is 4.88 Å². The molecule has 0 aliphatic rings. The number of anilines is 1. The van der Waals surface area contributed by atoms with E-state index in [0.29, 0.717) is 0 Å². The molecule has 3 heteroatoms. The number of hydrogen-bond donors (Lipinski definition) is 1. The molecule has 1 heterocycles. The molecule has 1 aromatic heterocycles. The summed E-state index contributed by atoms with van der Waals surface area (Å²) in [6, 6.07) is 2.07. The molecule has 0 amide bonds. The van der Waals surface area contributed by atoms with E-state index in [0.717, 1.165) is 15.9 Å². The molecular weight excluding hydrogens is 198 g/mol. The Kier molecular flexibility index (Phi) is 2.13. The summed E-state index contributed by atoms with van der Waals surface area (Å²) in [5, 5.41) is 0.881. The molecule has 0 bridgehead atoms. The zero-order valence-electron chi connectivity index (χ0n) is 5.15. The molecule has 2 N–H and O–H groups in total. The maximum Gasteiger partial charge on any atom is 0.100 e. The van der Waals surface area contributed by atoms with Crippen LogP contribution in [0.5, 0.6) is 0 Å². The van der Waals surface area contributed by atoms with Crippen molar-refractivity contribution in [2.24, 2.45) is 0 Å². The second-order valence-electron chi connectivity index (χ2n) is 1.78. The molecule has 1 rings (SSSR count). The van der Waals surface area contributed by atoms with E-state index in [1.807, 2.05) is 0 Å². The minimum absolute atomic E-state index is 0.881. The molecule has 0 saturated carbocycles. The van der Waals surface area contributed by atoms with Crippen molar-refractivity contribution in [2.45, 2.75) is 13.3 Å². The monoisotopic (exact) mass is 205 g/mol. The van der Waals surface area contributed by atoms with Crippen molar-refractivity contribution in [3.63, 3.8) is 0 Å². The van der Waals surface area contributed by atoms with Gasteiger partial charge in [0.05, 0.1) is 4.47 Å². The minimum atomic E-state index is 0.881. The Hall–Kier alpha value is -0.0200. The molecule has 1 nitrogen and oxygen atoms in total. The van der Waals surface area contributed by atoms with Crippen molar-refractivity contribution in [1.82, 2.24) is 0 Å². The van der Waals surface area contributed by atoms with Crippen LogP contribution < -0.4 is 5.73 Å². The first-order chi connectivity index (χ1) is 4.24. The molecule has 0 atom stereocenters. The van der Waals surface area contributed by atoms with Gasteiger partial charge in [0.1, 0.15) is 5.00 Å². The highest BCUT2D eigenvalue weighted by Crippen LogP contribution is 2.29. The van der Waals surface area contributed by atoms with E-state index < -0.39 is 0 Å². The molecule has 9 heavy (non-hydrogen) atoms. The summed E-state index contributed by atoms with van der Waals surface area (Å²) in [6.45, 7) is 2.12. The smallest absolute Gasteiger partial charge is 0.100 e. The molecule has 1 aromatic rings. The van der Waals surface area contributed by atoms with Crippen LogP contribution in [0.25, 0.3) is 0 Å². The van der Waals surface area contributed by atoms with Gasteiger partial charge in [-0.15, -0.1) is 11.3 Å². The Bertz CT molecular complexity index is 187. The van der Waals surface area contributed by atoms with E-state index in [1.54, 1.807) is 11.3 Å². The Balaban J connectivity index is 2.98. The normalized spacial score (nSPS) is 10.0. The first-order valence-corrected chi connectivity index (χ1v) is 4.38. The summed E-state index contributed by atoms with van der Waals surface area (Å²) in [5.74, 6) is 0. The SMILES string of the molecule is CCc1cc(Br)c(N)s1. The van der Waals surface area contributed by atoms with E-state index >= 15 is 0 Å². The van der Waals surface area contributed by atoms with Gasteiger partial charge >= 0.3 is 0 Å². The highest BCUT2D eigenvalue weighted by molar-refractivity contribution is 9.10. The van der Waals surface area contributed by atoms with Crippen LogP contribution in [0.2, 0.25) is 0 Å². The van der Waals surface area contributed by atoms with Gasteiger partial charge in [-0.05, 0) is 28.4 Å². The van der Waals surface area contributed by atoms with Gasteiger partial charge in [-0.1, -0.05) is 6.92 Å². The summed E-state index contributed by atoms with van der Waals surface area (Å²) in [6.07, 6.45) is 1.07. The molecule has 50 valence electrons. The first-order valence-electron chi connectivity index (χ1n) is 2.77. The lowest BCUT2D eigenvalue weighted by atomic mass is 10.4. The maximum absolute atomic E-state index is 5.59. The summed E-state index contributed by atoms with van der Waals surface area (Å²) >= 11 is 4.99. The van der Waals surface area contributed by atoms with E-state index in [9.17, 15) is 0 Å². The molecule has 0 aromatic carbocycles. The second-order valence-corrected chi connectivity index (χ2v) is 3.80. The summed E-state index contributed by atoms with van der Waals surface area (Å²) in [7, 11) is 0. The average Bonchev–Trinajstić information content (AvgIpc) is 2.13. The highest BCUT2D eigenvalue weighted by atomic mass is 79.9. The number of nitrogen functional groups attached to an aromatic ring is 1. The fraction of sp³-hybridized carbons (Fsp3) is 0.333. The topological polar surface area (TPSA) is 26.0 Å². The Morgan fingerprint density at radius 1 is 1.78 bits per heavy atom. The van der Waals surface area contributed by atoms with E-state index in [-0.39, 0.29) is 0 Å².